The second-order valence-electron chi connectivity index (χ2n) is 4.90. The lowest BCUT2D eigenvalue weighted by atomic mass is 9.92. The Labute approximate surface area is 191 Å². The molecule has 1 aromatic rings. The molecule has 0 saturated heterocycles. The summed E-state index contributed by atoms with van der Waals surface area (Å²) in [6, 6.07) is 4.77. The molecule has 1 radical (unpaired) electrons. The third-order valence-corrected chi connectivity index (χ3v) is 7.94. The minimum Gasteiger partial charge on any atom is -0.0915 e. The Hall–Kier alpha value is 2.12. The maximum absolute atomic E-state index is 6.32. The fourth-order valence-corrected chi connectivity index (χ4v) is 3.20. The monoisotopic (exact) mass is 529 g/mol. The summed E-state index contributed by atoms with van der Waals surface area (Å²) in [6.45, 7) is 1.98. The van der Waals surface area contributed by atoms with Gasteiger partial charge >= 0.3 is 0 Å². The predicted molar refractivity (Wildman–Crippen MR) is 112 cm³/mol. The zero-order chi connectivity index (χ0) is 19.0. The molecule has 0 fully saturated rings. The Balaban J connectivity index is 3.68. The maximum Gasteiger partial charge on any atom is 0.227 e. The number of benzene rings is 1. The molecule has 10 heteroatoms. The molecule has 0 spiro atoms. The van der Waals surface area contributed by atoms with Gasteiger partial charge in [-0.3, -0.25) is 0 Å². The van der Waals surface area contributed by atoms with Crippen molar-refractivity contribution in [2.24, 2.45) is 0 Å². The van der Waals surface area contributed by atoms with Crippen molar-refractivity contribution in [1.82, 2.24) is 0 Å². The molecule has 0 aromatic heterocycles. The molecule has 0 amide bonds. The van der Waals surface area contributed by atoms with E-state index in [-0.39, 0.29) is 11.1 Å². The van der Waals surface area contributed by atoms with Crippen molar-refractivity contribution in [3.8, 4) is 0 Å². The van der Waals surface area contributed by atoms with E-state index < -0.39 is 16.3 Å². The van der Waals surface area contributed by atoms with Crippen molar-refractivity contribution < 1.29 is 0 Å². The number of hydrogen-bond acceptors (Lipinski definition) is 0. The molecule has 0 bridgehead atoms. The number of rotatable bonds is 5. The van der Waals surface area contributed by atoms with Gasteiger partial charge in [0, 0.05) is 0 Å². The van der Waals surface area contributed by atoms with Crippen LogP contribution in [0.25, 0.3) is 0 Å². The Kier molecular flexibility index (Phi) is 8.70. The van der Waals surface area contributed by atoms with E-state index in [0.717, 1.165) is 6.42 Å². The first-order chi connectivity index (χ1) is 10.7. The lowest BCUT2D eigenvalue weighted by Crippen LogP contribution is -2.33. The predicted octanol–water partition coefficient (Wildman–Crippen LogP) is 9.04. The van der Waals surface area contributed by atoms with Gasteiger partial charge in [-0.1, -0.05) is 148 Å². The van der Waals surface area contributed by atoms with Gasteiger partial charge in [0.15, 0.2) is 8.67 Å². The van der Waals surface area contributed by atoms with Crippen LogP contribution in [0.3, 0.4) is 0 Å². The van der Waals surface area contributed by atoms with Crippen LogP contribution in [0.5, 0.6) is 0 Å². The molecule has 0 atom stereocenters. The highest BCUT2D eigenvalue weighted by molar-refractivity contribution is 6.76. The molecule has 0 N–H and O–H groups in total. The molecule has 0 saturated carbocycles. The Morgan fingerprint density at radius 3 is 1.42 bits per heavy atom. The van der Waals surface area contributed by atoms with Gasteiger partial charge < -0.3 is 0 Å². The fourth-order valence-electron chi connectivity index (χ4n) is 1.93. The van der Waals surface area contributed by atoms with E-state index in [0.29, 0.717) is 12.0 Å². The third kappa shape index (κ3) is 5.13. The Morgan fingerprint density at radius 2 is 1.12 bits per heavy atom. The van der Waals surface area contributed by atoms with E-state index in [2.05, 4.69) is 0 Å². The molecule has 1 rings (SSSR count). The molecule has 137 valence electrons. The smallest absolute Gasteiger partial charge is 0.0915 e. The maximum atomic E-state index is 6.32. The van der Waals surface area contributed by atoms with E-state index in [4.69, 9.17) is 116 Å². The second kappa shape index (κ2) is 8.64. The van der Waals surface area contributed by atoms with Crippen LogP contribution in [0.15, 0.2) is 18.2 Å². The second-order valence-corrected chi connectivity index (χ2v) is 12.1. The average molecular weight is 534 g/mol. The van der Waals surface area contributed by atoms with E-state index in [1.165, 1.54) is 0 Å². The molecule has 1 aromatic carbocycles. The first-order valence-electron chi connectivity index (χ1n) is 6.54. The first-order valence-corrected chi connectivity index (χ1v) is 10.3. The largest absolute Gasteiger partial charge is 0.227 e. The quantitative estimate of drug-likeness (QED) is 0.331. The normalized spacial score (nSPS) is 14.1. The van der Waals surface area contributed by atoms with Gasteiger partial charge in [0.1, 0.15) is 0 Å². The fraction of sp³-hybridized carbons (Fsp3) is 0.500. The molecule has 0 aliphatic rings. The van der Waals surface area contributed by atoms with Crippen molar-refractivity contribution in [3.63, 3.8) is 0 Å². The molecule has 0 aliphatic heterocycles. The zero-order valence-electron chi connectivity index (χ0n) is 12.0. The third-order valence-electron chi connectivity index (χ3n) is 3.13. The molecule has 0 aliphatic carbocycles. The van der Waals surface area contributed by atoms with Gasteiger partial charge in [-0.2, -0.15) is 0 Å². The molecular formula is C14H11Cl10. The summed E-state index contributed by atoms with van der Waals surface area (Å²) in [4.78, 5) is 0. The lowest BCUT2D eigenvalue weighted by Gasteiger charge is -2.34. The molecule has 0 nitrogen and oxygen atoms in total. The summed E-state index contributed by atoms with van der Waals surface area (Å²) in [5, 5.41) is 0. The van der Waals surface area contributed by atoms with E-state index in [9.17, 15) is 0 Å². The SMILES string of the molecule is CCC[CH]c1c(C(Cl)(Cl)C(Cl)(Cl)Cl)cccc1C(Cl)(Cl)C(Cl)(Cl)Cl. The van der Waals surface area contributed by atoms with Crippen LogP contribution in [-0.4, -0.2) is 7.59 Å². The van der Waals surface area contributed by atoms with Crippen LogP contribution in [0.4, 0.5) is 0 Å². The minimum atomic E-state index is -2.02. The molecular weight excluding hydrogens is 523 g/mol. The van der Waals surface area contributed by atoms with Gasteiger partial charge in [0.2, 0.25) is 7.59 Å². The van der Waals surface area contributed by atoms with Gasteiger partial charge in [-0.05, 0) is 29.5 Å². The number of halogens is 10. The van der Waals surface area contributed by atoms with Crippen LogP contribution in [0, 0.1) is 6.42 Å². The standard InChI is InChI=1S/C14H11Cl10/c1-2-3-5-8-9(11(15,16)13(19,20)21)6-4-7-10(8)12(17,18)14(22,23)24/h4-7H,2-3H2,1H3. The zero-order valence-corrected chi connectivity index (χ0v) is 19.6. The number of alkyl halides is 10. The van der Waals surface area contributed by atoms with Gasteiger partial charge in [0.05, 0.1) is 0 Å². The van der Waals surface area contributed by atoms with Crippen molar-refractivity contribution >= 4 is 116 Å². The number of unbranched alkanes of at least 4 members (excludes halogenated alkanes) is 1. The average Bonchev–Trinajstić information content (AvgIpc) is 2.42. The summed E-state index contributed by atoms with van der Waals surface area (Å²) in [7, 11) is 0. The van der Waals surface area contributed by atoms with Crippen LogP contribution in [0.2, 0.25) is 0 Å². The summed E-state index contributed by atoms with van der Waals surface area (Å²) in [5.74, 6) is 0. The highest BCUT2D eigenvalue weighted by atomic mass is 35.6. The van der Waals surface area contributed by atoms with Gasteiger partial charge in [-0.25, -0.2) is 0 Å². The van der Waals surface area contributed by atoms with Crippen molar-refractivity contribution in [2.45, 2.75) is 36.0 Å². The summed E-state index contributed by atoms with van der Waals surface area (Å²) >= 11 is 60.9. The van der Waals surface area contributed by atoms with Crippen molar-refractivity contribution in [2.75, 3.05) is 0 Å². The highest BCUT2D eigenvalue weighted by Crippen LogP contribution is 2.58. The molecule has 0 unspecified atom stereocenters. The van der Waals surface area contributed by atoms with Crippen LogP contribution >= 0.6 is 116 Å². The van der Waals surface area contributed by atoms with Crippen LogP contribution < -0.4 is 0 Å². The summed E-state index contributed by atoms with van der Waals surface area (Å²) < 4.78 is -7.81. The van der Waals surface area contributed by atoms with Crippen molar-refractivity contribution in [3.05, 3.63) is 41.3 Å². The minimum absolute atomic E-state index is 0.289. The highest BCUT2D eigenvalue weighted by Gasteiger charge is 2.52. The van der Waals surface area contributed by atoms with E-state index in [1.807, 2.05) is 6.92 Å². The summed E-state index contributed by atoms with van der Waals surface area (Å²) in [5.41, 5.74) is 1.03. The number of hydrogen-bond donors (Lipinski definition) is 0. The van der Waals surface area contributed by atoms with Crippen molar-refractivity contribution in [1.29, 1.82) is 0 Å². The first kappa shape index (κ1) is 24.2. The lowest BCUT2D eigenvalue weighted by molar-refractivity contribution is 0.814. The van der Waals surface area contributed by atoms with E-state index >= 15 is 0 Å². The van der Waals surface area contributed by atoms with Gasteiger partial charge in [-0.15, -0.1) is 0 Å². The summed E-state index contributed by atoms with van der Waals surface area (Å²) in [6.07, 6.45) is 3.28. The Morgan fingerprint density at radius 1 is 0.750 bits per heavy atom. The van der Waals surface area contributed by atoms with Crippen LogP contribution in [0.1, 0.15) is 36.5 Å². The topological polar surface area (TPSA) is 0 Å². The van der Waals surface area contributed by atoms with E-state index in [1.54, 1.807) is 24.6 Å². The van der Waals surface area contributed by atoms with Crippen LogP contribution in [-0.2, 0) is 8.67 Å². The van der Waals surface area contributed by atoms with Gasteiger partial charge in [0.25, 0.3) is 0 Å². The molecule has 0 heterocycles. The molecule has 24 heavy (non-hydrogen) atoms. The Bertz CT molecular complexity index is 524.